The van der Waals surface area contributed by atoms with Crippen LogP contribution in [0.4, 0.5) is 0 Å². The SMILES string of the molecule is Cc1cc(C(=O)N2CCCC2c2ccc(C)c(C)c2)c2nc3n(c2n1)CCCCC3. The van der Waals surface area contributed by atoms with Crippen molar-refractivity contribution in [2.24, 2.45) is 0 Å². The summed E-state index contributed by atoms with van der Waals surface area (Å²) in [4.78, 5) is 25.5. The van der Waals surface area contributed by atoms with Crippen LogP contribution in [0.25, 0.3) is 11.2 Å². The number of aromatic nitrogens is 3. The number of nitrogens with zero attached hydrogens (tertiary/aromatic N) is 4. The smallest absolute Gasteiger partial charge is 0.256 e. The van der Waals surface area contributed by atoms with E-state index in [4.69, 9.17) is 9.97 Å². The van der Waals surface area contributed by atoms with E-state index in [2.05, 4.69) is 41.5 Å². The van der Waals surface area contributed by atoms with Gasteiger partial charge in [-0.1, -0.05) is 24.6 Å². The number of aryl methyl sites for hydroxylation is 5. The number of benzene rings is 1. The number of amides is 1. The van der Waals surface area contributed by atoms with E-state index in [0.29, 0.717) is 5.56 Å². The lowest BCUT2D eigenvalue weighted by Gasteiger charge is -2.26. The fourth-order valence-corrected chi connectivity index (χ4v) is 5.06. The Labute approximate surface area is 178 Å². The Morgan fingerprint density at radius 1 is 0.967 bits per heavy atom. The number of hydrogen-bond donors (Lipinski definition) is 0. The van der Waals surface area contributed by atoms with Crippen molar-refractivity contribution in [3.8, 4) is 0 Å². The summed E-state index contributed by atoms with van der Waals surface area (Å²) in [5, 5.41) is 0. The van der Waals surface area contributed by atoms with E-state index in [1.54, 1.807) is 0 Å². The molecule has 0 bridgehead atoms. The van der Waals surface area contributed by atoms with Crippen LogP contribution in [0, 0.1) is 20.8 Å². The van der Waals surface area contributed by atoms with E-state index in [-0.39, 0.29) is 11.9 Å². The molecule has 5 nitrogen and oxygen atoms in total. The van der Waals surface area contributed by atoms with Crippen LogP contribution in [0.3, 0.4) is 0 Å². The molecule has 1 saturated heterocycles. The fourth-order valence-electron chi connectivity index (χ4n) is 5.06. The zero-order valence-electron chi connectivity index (χ0n) is 18.2. The first kappa shape index (κ1) is 19.3. The number of carbonyl (C=O) groups excluding carboxylic acids is 1. The molecule has 0 spiro atoms. The van der Waals surface area contributed by atoms with Crippen LogP contribution in [0.5, 0.6) is 0 Å². The number of hydrogen-bond acceptors (Lipinski definition) is 3. The van der Waals surface area contributed by atoms with Crippen molar-refractivity contribution < 1.29 is 4.79 Å². The van der Waals surface area contributed by atoms with Crippen LogP contribution in [0.15, 0.2) is 24.3 Å². The molecule has 0 aliphatic carbocycles. The van der Waals surface area contributed by atoms with E-state index in [0.717, 1.165) is 67.9 Å². The maximum atomic E-state index is 13.8. The number of pyridine rings is 1. The zero-order valence-corrected chi connectivity index (χ0v) is 18.2. The van der Waals surface area contributed by atoms with Crippen molar-refractivity contribution in [3.05, 3.63) is 58.0 Å². The van der Waals surface area contributed by atoms with Gasteiger partial charge in [0, 0.05) is 25.2 Å². The highest BCUT2D eigenvalue weighted by Gasteiger charge is 2.33. The molecule has 0 saturated carbocycles. The second kappa shape index (κ2) is 7.53. The highest BCUT2D eigenvalue weighted by Crippen LogP contribution is 2.35. The Morgan fingerprint density at radius 2 is 1.83 bits per heavy atom. The molecule has 5 rings (SSSR count). The first-order chi connectivity index (χ1) is 14.5. The van der Waals surface area contributed by atoms with Gasteiger partial charge in [-0.05, 0) is 69.2 Å². The van der Waals surface area contributed by atoms with Gasteiger partial charge in [0.25, 0.3) is 5.91 Å². The van der Waals surface area contributed by atoms with Crippen LogP contribution in [-0.2, 0) is 13.0 Å². The maximum Gasteiger partial charge on any atom is 0.256 e. The molecule has 1 aromatic carbocycles. The number of rotatable bonds is 2. The third-order valence-corrected chi connectivity index (χ3v) is 6.85. The van der Waals surface area contributed by atoms with Crippen molar-refractivity contribution in [3.63, 3.8) is 0 Å². The topological polar surface area (TPSA) is 51.0 Å². The average molecular weight is 403 g/mol. The fraction of sp³-hybridized carbons (Fsp3) is 0.480. The number of carbonyl (C=O) groups is 1. The summed E-state index contributed by atoms with van der Waals surface area (Å²) in [7, 11) is 0. The Morgan fingerprint density at radius 3 is 2.67 bits per heavy atom. The molecular formula is C25H30N4O. The molecule has 3 aromatic rings. The van der Waals surface area contributed by atoms with E-state index >= 15 is 0 Å². The second-order valence-electron chi connectivity index (χ2n) is 8.97. The number of fused-ring (bicyclic) bond motifs is 3. The van der Waals surface area contributed by atoms with E-state index in [1.165, 1.54) is 23.1 Å². The van der Waals surface area contributed by atoms with Crippen LogP contribution < -0.4 is 0 Å². The Bertz CT molecular complexity index is 1130. The van der Waals surface area contributed by atoms with Crippen molar-refractivity contribution in [1.29, 1.82) is 0 Å². The minimum Gasteiger partial charge on any atom is -0.332 e. The molecule has 1 fully saturated rings. The van der Waals surface area contributed by atoms with Gasteiger partial charge >= 0.3 is 0 Å². The van der Waals surface area contributed by atoms with Gasteiger partial charge < -0.3 is 9.47 Å². The summed E-state index contributed by atoms with van der Waals surface area (Å²) < 4.78 is 2.25. The van der Waals surface area contributed by atoms with Gasteiger partial charge in [0.2, 0.25) is 0 Å². The standard InChI is InChI=1S/C25H30N4O/c1-16-10-11-19(14-17(16)2)21-8-7-13-28(21)25(30)20-15-18(3)26-24-23(20)27-22-9-5-4-6-12-29(22)24/h10-11,14-15,21H,4-9,12-13H2,1-3H3. The van der Waals surface area contributed by atoms with Crippen molar-refractivity contribution in [2.75, 3.05) is 6.54 Å². The number of likely N-dealkylation sites (tertiary alicyclic amines) is 1. The van der Waals surface area contributed by atoms with Crippen LogP contribution in [0.1, 0.15) is 76.7 Å². The average Bonchev–Trinajstić information content (AvgIpc) is 3.27. The van der Waals surface area contributed by atoms with E-state index in [1.807, 2.05) is 13.0 Å². The van der Waals surface area contributed by atoms with E-state index in [9.17, 15) is 4.79 Å². The second-order valence-corrected chi connectivity index (χ2v) is 8.97. The van der Waals surface area contributed by atoms with Gasteiger partial charge in [-0.3, -0.25) is 4.79 Å². The summed E-state index contributed by atoms with van der Waals surface area (Å²) in [6.45, 7) is 8.01. The normalized spacial score (nSPS) is 19.2. The predicted molar refractivity (Wildman–Crippen MR) is 119 cm³/mol. The Hall–Kier alpha value is -2.69. The lowest BCUT2D eigenvalue weighted by Crippen LogP contribution is -2.31. The Kier molecular flexibility index (Phi) is 4.84. The minimum absolute atomic E-state index is 0.0967. The molecule has 2 aliphatic heterocycles. The first-order valence-corrected chi connectivity index (χ1v) is 11.3. The molecule has 4 heterocycles. The minimum atomic E-state index is 0.0967. The van der Waals surface area contributed by atoms with Crippen molar-refractivity contribution in [1.82, 2.24) is 19.4 Å². The molecule has 0 radical (unpaired) electrons. The Balaban J connectivity index is 1.56. The third-order valence-electron chi connectivity index (χ3n) is 6.85. The maximum absolute atomic E-state index is 13.8. The first-order valence-electron chi connectivity index (χ1n) is 11.3. The molecule has 156 valence electrons. The molecule has 0 N–H and O–H groups in total. The highest BCUT2D eigenvalue weighted by molar-refractivity contribution is 6.04. The molecule has 1 unspecified atom stereocenters. The van der Waals surface area contributed by atoms with Crippen LogP contribution in [0.2, 0.25) is 0 Å². The largest absolute Gasteiger partial charge is 0.332 e. The molecule has 30 heavy (non-hydrogen) atoms. The molecule has 5 heteroatoms. The van der Waals surface area contributed by atoms with Gasteiger partial charge in [-0.25, -0.2) is 9.97 Å². The summed E-state index contributed by atoms with van der Waals surface area (Å²) in [5.41, 5.74) is 7.10. The van der Waals surface area contributed by atoms with Gasteiger partial charge in [-0.2, -0.15) is 0 Å². The van der Waals surface area contributed by atoms with Gasteiger partial charge in [0.15, 0.2) is 5.65 Å². The van der Waals surface area contributed by atoms with Crippen molar-refractivity contribution >= 4 is 17.1 Å². The molecule has 2 aliphatic rings. The molecule has 1 atom stereocenters. The van der Waals surface area contributed by atoms with Gasteiger partial charge in [0.05, 0.1) is 11.6 Å². The summed E-state index contributed by atoms with van der Waals surface area (Å²) in [6.07, 6.45) is 6.56. The lowest BCUT2D eigenvalue weighted by molar-refractivity contribution is 0.0737. The molecular weight excluding hydrogens is 372 g/mol. The summed E-state index contributed by atoms with van der Waals surface area (Å²) >= 11 is 0. The zero-order chi connectivity index (χ0) is 20.8. The summed E-state index contributed by atoms with van der Waals surface area (Å²) in [5.74, 6) is 1.18. The van der Waals surface area contributed by atoms with Crippen LogP contribution >= 0.6 is 0 Å². The molecule has 1 amide bonds. The third kappa shape index (κ3) is 3.21. The predicted octanol–water partition coefficient (Wildman–Crippen LogP) is 5.06. The quantitative estimate of drug-likeness (QED) is 0.602. The van der Waals surface area contributed by atoms with E-state index < -0.39 is 0 Å². The van der Waals surface area contributed by atoms with Gasteiger partial charge in [-0.15, -0.1) is 0 Å². The molecule has 2 aromatic heterocycles. The van der Waals surface area contributed by atoms with Crippen LogP contribution in [-0.4, -0.2) is 31.9 Å². The monoisotopic (exact) mass is 402 g/mol. The lowest BCUT2D eigenvalue weighted by atomic mass is 9.99. The van der Waals surface area contributed by atoms with Crippen molar-refractivity contribution in [2.45, 2.75) is 71.9 Å². The number of imidazole rings is 1. The highest BCUT2D eigenvalue weighted by atomic mass is 16.2. The van der Waals surface area contributed by atoms with Gasteiger partial charge in [0.1, 0.15) is 11.3 Å². The summed E-state index contributed by atoms with van der Waals surface area (Å²) in [6, 6.07) is 8.68.